The second kappa shape index (κ2) is 10.8. The summed E-state index contributed by atoms with van der Waals surface area (Å²) in [4.78, 5) is 37.8. The summed E-state index contributed by atoms with van der Waals surface area (Å²) in [6.45, 7) is 6.67. The van der Waals surface area contributed by atoms with E-state index in [1.165, 1.54) is 6.08 Å². The molecule has 0 fully saturated rings. The fraction of sp³-hybridized carbons (Fsp3) is 0.261. The summed E-state index contributed by atoms with van der Waals surface area (Å²) in [7, 11) is 0. The van der Waals surface area contributed by atoms with Crippen molar-refractivity contribution in [1.82, 2.24) is 4.90 Å². The number of hydrogen-bond donors (Lipinski definition) is 1. The Morgan fingerprint density at radius 3 is 2.28 bits per heavy atom. The standard InChI is InChI=1S/C23H26N2O4/c1-4-25(5-2)23(28)19-10-13-20(14-11-19)24-21(26)16-29-22(27)15-12-18-9-7-6-8-17(18)3/h6-15H,4-5,16H2,1-3H3,(H,24,26)/b15-12+. The number of nitrogens with one attached hydrogen (secondary N) is 1. The van der Waals surface area contributed by atoms with Crippen LogP contribution in [0.5, 0.6) is 0 Å². The third-order valence-corrected chi connectivity index (χ3v) is 4.40. The van der Waals surface area contributed by atoms with Crippen molar-refractivity contribution < 1.29 is 19.1 Å². The Balaban J connectivity index is 1.84. The van der Waals surface area contributed by atoms with Crippen LogP contribution in [0.15, 0.2) is 54.6 Å². The Morgan fingerprint density at radius 1 is 1.00 bits per heavy atom. The zero-order valence-corrected chi connectivity index (χ0v) is 17.0. The molecule has 2 aromatic rings. The number of ether oxygens (including phenoxy) is 1. The summed E-state index contributed by atoms with van der Waals surface area (Å²) in [6.07, 6.45) is 2.95. The van der Waals surface area contributed by atoms with E-state index in [-0.39, 0.29) is 5.91 Å². The van der Waals surface area contributed by atoms with Gasteiger partial charge < -0.3 is 15.0 Å². The summed E-state index contributed by atoms with van der Waals surface area (Å²) >= 11 is 0. The van der Waals surface area contributed by atoms with Gasteiger partial charge in [0, 0.05) is 30.4 Å². The molecule has 0 aliphatic rings. The lowest BCUT2D eigenvalue weighted by atomic mass is 10.1. The molecule has 0 aliphatic heterocycles. The highest BCUT2D eigenvalue weighted by Crippen LogP contribution is 2.12. The number of amides is 2. The fourth-order valence-electron chi connectivity index (χ4n) is 2.70. The minimum atomic E-state index is -0.594. The van der Waals surface area contributed by atoms with Gasteiger partial charge in [-0.2, -0.15) is 0 Å². The molecule has 0 saturated carbocycles. The first-order valence-electron chi connectivity index (χ1n) is 9.54. The second-order valence-corrected chi connectivity index (χ2v) is 6.40. The van der Waals surface area contributed by atoms with Gasteiger partial charge in [0.25, 0.3) is 11.8 Å². The topological polar surface area (TPSA) is 75.7 Å². The third kappa shape index (κ3) is 6.60. The van der Waals surface area contributed by atoms with E-state index in [9.17, 15) is 14.4 Å². The number of carbonyl (C=O) groups is 3. The minimum absolute atomic E-state index is 0.0535. The summed E-state index contributed by atoms with van der Waals surface area (Å²) in [5.74, 6) is -1.10. The molecule has 0 saturated heterocycles. The molecule has 1 N–H and O–H groups in total. The highest BCUT2D eigenvalue weighted by Gasteiger charge is 2.12. The maximum absolute atomic E-state index is 12.3. The first-order chi connectivity index (χ1) is 13.9. The highest BCUT2D eigenvalue weighted by atomic mass is 16.5. The number of carbonyl (C=O) groups excluding carboxylic acids is 3. The lowest BCUT2D eigenvalue weighted by Crippen LogP contribution is -2.30. The van der Waals surface area contributed by atoms with Crippen LogP contribution in [0.3, 0.4) is 0 Å². The second-order valence-electron chi connectivity index (χ2n) is 6.40. The third-order valence-electron chi connectivity index (χ3n) is 4.40. The zero-order valence-electron chi connectivity index (χ0n) is 17.0. The molecule has 0 heterocycles. The summed E-state index contributed by atoms with van der Waals surface area (Å²) in [5.41, 5.74) is 3.03. The summed E-state index contributed by atoms with van der Waals surface area (Å²) in [5, 5.41) is 2.64. The van der Waals surface area contributed by atoms with E-state index in [1.54, 1.807) is 35.2 Å². The SMILES string of the molecule is CCN(CC)C(=O)c1ccc(NC(=O)COC(=O)/C=C/c2ccccc2C)cc1. The lowest BCUT2D eigenvalue weighted by Gasteiger charge is -2.18. The Kier molecular flexibility index (Phi) is 8.15. The van der Waals surface area contributed by atoms with E-state index in [0.29, 0.717) is 24.3 Å². The van der Waals surface area contributed by atoms with Crippen LogP contribution < -0.4 is 5.32 Å². The van der Waals surface area contributed by atoms with Gasteiger partial charge in [0.05, 0.1) is 0 Å². The molecule has 0 bridgehead atoms. The smallest absolute Gasteiger partial charge is 0.331 e. The molecule has 0 aromatic heterocycles. The van der Waals surface area contributed by atoms with E-state index in [4.69, 9.17) is 4.74 Å². The van der Waals surface area contributed by atoms with Crippen LogP contribution in [0, 0.1) is 6.92 Å². The Bertz CT molecular complexity index is 884. The van der Waals surface area contributed by atoms with Crippen molar-refractivity contribution in [2.24, 2.45) is 0 Å². The molecule has 0 unspecified atom stereocenters. The van der Waals surface area contributed by atoms with Crippen molar-refractivity contribution in [2.45, 2.75) is 20.8 Å². The van der Waals surface area contributed by atoms with Crippen molar-refractivity contribution in [3.05, 3.63) is 71.3 Å². The van der Waals surface area contributed by atoms with Crippen molar-refractivity contribution in [1.29, 1.82) is 0 Å². The summed E-state index contributed by atoms with van der Waals surface area (Å²) < 4.78 is 4.96. The molecular formula is C23H26N2O4. The predicted octanol–water partition coefficient (Wildman–Crippen LogP) is 3.67. The average molecular weight is 394 g/mol. The molecular weight excluding hydrogens is 368 g/mol. The highest BCUT2D eigenvalue weighted by molar-refractivity contribution is 5.97. The normalized spacial score (nSPS) is 10.6. The van der Waals surface area contributed by atoms with Crippen molar-refractivity contribution in [3.8, 4) is 0 Å². The van der Waals surface area contributed by atoms with Crippen LogP contribution in [-0.2, 0) is 14.3 Å². The van der Waals surface area contributed by atoms with Crippen LogP contribution >= 0.6 is 0 Å². The van der Waals surface area contributed by atoms with Gasteiger partial charge in [-0.05, 0) is 62.2 Å². The van der Waals surface area contributed by atoms with Crippen molar-refractivity contribution >= 4 is 29.5 Å². The van der Waals surface area contributed by atoms with Gasteiger partial charge in [0.1, 0.15) is 0 Å². The van der Waals surface area contributed by atoms with E-state index < -0.39 is 18.5 Å². The molecule has 2 rings (SSSR count). The molecule has 6 nitrogen and oxygen atoms in total. The maximum Gasteiger partial charge on any atom is 0.331 e. The average Bonchev–Trinajstić information content (AvgIpc) is 2.73. The Hall–Kier alpha value is -3.41. The minimum Gasteiger partial charge on any atom is -0.452 e. The van der Waals surface area contributed by atoms with Gasteiger partial charge in [-0.1, -0.05) is 24.3 Å². The van der Waals surface area contributed by atoms with Crippen molar-refractivity contribution in [3.63, 3.8) is 0 Å². The number of benzene rings is 2. The van der Waals surface area contributed by atoms with Gasteiger partial charge in [-0.25, -0.2) is 4.79 Å². The first kappa shape index (κ1) is 21.9. The van der Waals surface area contributed by atoms with Gasteiger partial charge in [0.2, 0.25) is 0 Å². The number of hydrogen-bond acceptors (Lipinski definition) is 4. The monoisotopic (exact) mass is 394 g/mol. The lowest BCUT2D eigenvalue weighted by molar-refractivity contribution is -0.142. The van der Waals surface area contributed by atoms with Crippen LogP contribution in [0.2, 0.25) is 0 Å². The van der Waals surface area contributed by atoms with Crippen molar-refractivity contribution in [2.75, 3.05) is 25.0 Å². The van der Waals surface area contributed by atoms with Crippen LogP contribution in [0.25, 0.3) is 6.08 Å². The number of esters is 1. The molecule has 0 aliphatic carbocycles. The summed E-state index contributed by atoms with van der Waals surface area (Å²) in [6, 6.07) is 14.2. The van der Waals surface area contributed by atoms with Crippen LogP contribution in [-0.4, -0.2) is 42.4 Å². The van der Waals surface area contributed by atoms with Gasteiger partial charge >= 0.3 is 5.97 Å². The largest absolute Gasteiger partial charge is 0.452 e. The fourth-order valence-corrected chi connectivity index (χ4v) is 2.70. The maximum atomic E-state index is 12.3. The van der Waals surface area contributed by atoms with Gasteiger partial charge in [-0.15, -0.1) is 0 Å². The van der Waals surface area contributed by atoms with Gasteiger partial charge in [0.15, 0.2) is 6.61 Å². The van der Waals surface area contributed by atoms with E-state index in [1.807, 2.05) is 45.0 Å². The number of anilines is 1. The Morgan fingerprint density at radius 2 is 1.66 bits per heavy atom. The molecule has 0 radical (unpaired) electrons. The first-order valence-corrected chi connectivity index (χ1v) is 9.54. The molecule has 2 aromatic carbocycles. The molecule has 29 heavy (non-hydrogen) atoms. The van der Waals surface area contributed by atoms with E-state index >= 15 is 0 Å². The quantitative estimate of drug-likeness (QED) is 0.547. The number of nitrogens with zero attached hydrogens (tertiary/aromatic N) is 1. The Labute approximate surface area is 171 Å². The molecule has 0 atom stereocenters. The molecule has 0 spiro atoms. The van der Waals surface area contributed by atoms with E-state index in [2.05, 4.69) is 5.32 Å². The van der Waals surface area contributed by atoms with E-state index in [0.717, 1.165) is 11.1 Å². The predicted molar refractivity (Wildman–Crippen MR) is 113 cm³/mol. The molecule has 6 heteroatoms. The number of rotatable bonds is 8. The molecule has 152 valence electrons. The number of aryl methyl sites for hydroxylation is 1. The molecule has 2 amide bonds. The van der Waals surface area contributed by atoms with Crippen LogP contribution in [0.1, 0.15) is 35.3 Å². The zero-order chi connectivity index (χ0) is 21.2. The van der Waals surface area contributed by atoms with Crippen LogP contribution in [0.4, 0.5) is 5.69 Å². The van der Waals surface area contributed by atoms with Gasteiger partial charge in [-0.3, -0.25) is 9.59 Å².